The van der Waals surface area contributed by atoms with Crippen molar-refractivity contribution in [3.8, 4) is 17.3 Å². The van der Waals surface area contributed by atoms with Gasteiger partial charge in [-0.25, -0.2) is 4.98 Å². The fourth-order valence-electron chi connectivity index (χ4n) is 1.61. The van der Waals surface area contributed by atoms with Crippen molar-refractivity contribution in [3.05, 3.63) is 36.7 Å². The lowest BCUT2D eigenvalue weighted by Crippen LogP contribution is -2.08. The molecular formula is C11H10N8. The Bertz CT molecular complexity index is 706. The molecule has 0 radical (unpaired) electrons. The molecule has 3 heterocycles. The third-order valence-corrected chi connectivity index (χ3v) is 2.42. The Morgan fingerprint density at radius 1 is 1.21 bits per heavy atom. The molecule has 94 valence electrons. The van der Waals surface area contributed by atoms with E-state index in [4.69, 9.17) is 5.73 Å². The van der Waals surface area contributed by atoms with Crippen molar-refractivity contribution in [1.82, 2.24) is 34.7 Å². The molecular weight excluding hydrogens is 244 g/mol. The fraction of sp³-hybridized carbons (Fsp3) is 0.0909. The molecule has 0 saturated heterocycles. The normalized spacial score (nSPS) is 10.6. The van der Waals surface area contributed by atoms with E-state index in [1.54, 1.807) is 6.20 Å². The summed E-state index contributed by atoms with van der Waals surface area (Å²) in [5.41, 5.74) is 7.40. The van der Waals surface area contributed by atoms with Crippen molar-refractivity contribution in [2.45, 2.75) is 6.92 Å². The summed E-state index contributed by atoms with van der Waals surface area (Å²) in [7, 11) is 0. The third kappa shape index (κ3) is 2.23. The van der Waals surface area contributed by atoms with Gasteiger partial charge in [-0.15, -0.1) is 0 Å². The molecule has 3 aromatic heterocycles. The van der Waals surface area contributed by atoms with Crippen molar-refractivity contribution in [2.75, 3.05) is 5.73 Å². The van der Waals surface area contributed by atoms with Crippen LogP contribution in [0.25, 0.3) is 17.3 Å². The molecule has 2 N–H and O–H groups in total. The number of anilines is 1. The number of hydrogen-bond acceptors (Lipinski definition) is 7. The molecule has 0 aliphatic rings. The average Bonchev–Trinajstić information content (AvgIpc) is 2.92. The van der Waals surface area contributed by atoms with E-state index >= 15 is 0 Å². The Morgan fingerprint density at radius 2 is 2.11 bits per heavy atom. The molecule has 0 aliphatic heterocycles. The maximum Gasteiger partial charge on any atom is 0.257 e. The van der Waals surface area contributed by atoms with Gasteiger partial charge >= 0.3 is 0 Å². The van der Waals surface area contributed by atoms with Crippen LogP contribution in [0.2, 0.25) is 0 Å². The van der Waals surface area contributed by atoms with Gasteiger partial charge in [-0.3, -0.25) is 4.98 Å². The molecule has 0 fully saturated rings. The van der Waals surface area contributed by atoms with Crippen molar-refractivity contribution in [3.63, 3.8) is 0 Å². The number of aryl methyl sites for hydroxylation is 1. The van der Waals surface area contributed by atoms with Gasteiger partial charge in [0.1, 0.15) is 12.7 Å². The number of nitrogens with zero attached hydrogens (tertiary/aromatic N) is 7. The van der Waals surface area contributed by atoms with Crippen LogP contribution < -0.4 is 5.73 Å². The van der Waals surface area contributed by atoms with E-state index in [0.29, 0.717) is 11.8 Å². The molecule has 8 nitrogen and oxygen atoms in total. The van der Waals surface area contributed by atoms with E-state index in [1.165, 1.54) is 17.3 Å². The van der Waals surface area contributed by atoms with Gasteiger partial charge in [0.05, 0.1) is 0 Å². The van der Waals surface area contributed by atoms with Gasteiger partial charge in [0.2, 0.25) is 5.95 Å². The summed E-state index contributed by atoms with van der Waals surface area (Å²) in [5.74, 6) is 0.933. The van der Waals surface area contributed by atoms with Crippen LogP contribution in [0.1, 0.15) is 5.69 Å². The lowest BCUT2D eigenvalue weighted by molar-refractivity contribution is 0.800. The molecule has 0 unspecified atom stereocenters. The number of aromatic nitrogens is 7. The Kier molecular flexibility index (Phi) is 2.60. The molecule has 3 aromatic rings. The van der Waals surface area contributed by atoms with Crippen LogP contribution in [-0.4, -0.2) is 34.7 Å². The lowest BCUT2D eigenvalue weighted by Gasteiger charge is -2.04. The average molecular weight is 254 g/mol. The Balaban J connectivity index is 2.12. The standard InChI is InChI=1S/C11H10N8/c1-7-4-8(2-3-14-7)9-16-10(12)18-11(17-9)19-6-13-5-15-19/h2-6H,1H3,(H2,12,16,17,18). The minimum absolute atomic E-state index is 0.130. The second-order valence-electron chi connectivity index (χ2n) is 3.84. The van der Waals surface area contributed by atoms with E-state index in [9.17, 15) is 0 Å². The molecule has 0 aliphatic carbocycles. The minimum atomic E-state index is 0.130. The molecule has 0 spiro atoms. The van der Waals surface area contributed by atoms with Crippen molar-refractivity contribution >= 4 is 5.95 Å². The molecule has 0 atom stereocenters. The molecule has 3 rings (SSSR count). The van der Waals surface area contributed by atoms with Crippen LogP contribution >= 0.6 is 0 Å². The first-order valence-corrected chi connectivity index (χ1v) is 5.52. The van der Waals surface area contributed by atoms with Gasteiger partial charge in [-0.1, -0.05) is 0 Å². The Hall–Kier alpha value is -2.90. The highest BCUT2D eigenvalue weighted by atomic mass is 15.4. The highest BCUT2D eigenvalue weighted by molar-refractivity contribution is 5.56. The molecule has 0 saturated carbocycles. The first kappa shape index (κ1) is 11.2. The summed E-state index contributed by atoms with van der Waals surface area (Å²) >= 11 is 0. The second-order valence-corrected chi connectivity index (χ2v) is 3.84. The van der Waals surface area contributed by atoms with Gasteiger partial charge < -0.3 is 5.73 Å². The van der Waals surface area contributed by atoms with Crippen LogP contribution in [0, 0.1) is 6.92 Å². The summed E-state index contributed by atoms with van der Waals surface area (Å²) in [6, 6.07) is 3.69. The fourth-order valence-corrected chi connectivity index (χ4v) is 1.61. The number of nitrogen functional groups attached to an aromatic ring is 1. The van der Waals surface area contributed by atoms with Crippen LogP contribution in [0.15, 0.2) is 31.0 Å². The van der Waals surface area contributed by atoms with Crippen LogP contribution in [0.4, 0.5) is 5.95 Å². The van der Waals surface area contributed by atoms with Crippen LogP contribution in [0.5, 0.6) is 0 Å². The third-order valence-electron chi connectivity index (χ3n) is 2.42. The topological polar surface area (TPSA) is 108 Å². The van der Waals surface area contributed by atoms with Gasteiger partial charge in [-0.05, 0) is 19.1 Å². The zero-order valence-corrected chi connectivity index (χ0v) is 10.1. The zero-order chi connectivity index (χ0) is 13.2. The van der Waals surface area contributed by atoms with E-state index in [2.05, 4.69) is 30.0 Å². The zero-order valence-electron chi connectivity index (χ0n) is 10.1. The first-order valence-electron chi connectivity index (χ1n) is 5.52. The molecule has 19 heavy (non-hydrogen) atoms. The molecule has 0 aromatic carbocycles. The SMILES string of the molecule is Cc1cc(-c2nc(N)nc(-n3cncn3)n2)ccn1. The molecule has 0 amide bonds. The predicted molar refractivity (Wildman–Crippen MR) is 67.1 cm³/mol. The first-order chi connectivity index (χ1) is 9.22. The van der Waals surface area contributed by atoms with Crippen LogP contribution in [0.3, 0.4) is 0 Å². The summed E-state index contributed by atoms with van der Waals surface area (Å²) in [6.07, 6.45) is 4.59. The highest BCUT2D eigenvalue weighted by Crippen LogP contribution is 2.16. The van der Waals surface area contributed by atoms with Crippen molar-refractivity contribution in [1.29, 1.82) is 0 Å². The summed E-state index contributed by atoms with van der Waals surface area (Å²) in [6.45, 7) is 1.90. The van der Waals surface area contributed by atoms with Gasteiger partial charge in [0.25, 0.3) is 5.95 Å². The lowest BCUT2D eigenvalue weighted by atomic mass is 10.2. The monoisotopic (exact) mass is 254 g/mol. The van der Waals surface area contributed by atoms with Gasteiger partial charge in [0.15, 0.2) is 5.82 Å². The maximum atomic E-state index is 5.70. The number of rotatable bonds is 2. The second kappa shape index (κ2) is 4.41. The largest absolute Gasteiger partial charge is 0.368 e. The smallest absolute Gasteiger partial charge is 0.257 e. The quantitative estimate of drug-likeness (QED) is 0.705. The number of hydrogen-bond donors (Lipinski definition) is 1. The van der Waals surface area contributed by atoms with E-state index < -0.39 is 0 Å². The number of nitrogens with two attached hydrogens (primary N) is 1. The Morgan fingerprint density at radius 3 is 2.84 bits per heavy atom. The summed E-state index contributed by atoms with van der Waals surface area (Å²) < 4.78 is 1.43. The summed E-state index contributed by atoms with van der Waals surface area (Å²) in [5, 5.41) is 3.96. The van der Waals surface area contributed by atoms with Gasteiger partial charge in [0, 0.05) is 17.5 Å². The van der Waals surface area contributed by atoms with Gasteiger partial charge in [-0.2, -0.15) is 24.7 Å². The Labute approximate surface area is 108 Å². The van der Waals surface area contributed by atoms with E-state index in [0.717, 1.165) is 11.3 Å². The predicted octanol–water partition coefficient (Wildman–Crippen LogP) is 0.405. The van der Waals surface area contributed by atoms with Crippen molar-refractivity contribution in [2.24, 2.45) is 0 Å². The van der Waals surface area contributed by atoms with E-state index in [1.807, 2.05) is 19.1 Å². The minimum Gasteiger partial charge on any atom is -0.368 e. The van der Waals surface area contributed by atoms with Crippen LogP contribution in [-0.2, 0) is 0 Å². The molecule has 0 bridgehead atoms. The summed E-state index contributed by atoms with van der Waals surface area (Å²) in [4.78, 5) is 20.4. The number of pyridine rings is 1. The van der Waals surface area contributed by atoms with E-state index in [-0.39, 0.29) is 5.95 Å². The molecule has 8 heteroatoms. The maximum absolute atomic E-state index is 5.70. The highest BCUT2D eigenvalue weighted by Gasteiger charge is 2.09. The van der Waals surface area contributed by atoms with Crippen molar-refractivity contribution < 1.29 is 0 Å².